The Kier molecular flexibility index (Phi) is 7.53. The lowest BCUT2D eigenvalue weighted by atomic mass is 10.1. The van der Waals surface area contributed by atoms with Gasteiger partial charge in [-0.15, -0.1) is 11.3 Å². The molecule has 3 atom stereocenters. The second-order valence-corrected chi connectivity index (χ2v) is 11.8. The molecule has 8 nitrogen and oxygen atoms in total. The van der Waals surface area contributed by atoms with Gasteiger partial charge in [-0.3, -0.25) is 9.59 Å². The van der Waals surface area contributed by atoms with Crippen molar-refractivity contribution in [1.82, 2.24) is 20.2 Å². The summed E-state index contributed by atoms with van der Waals surface area (Å²) < 4.78 is 42.7. The van der Waals surface area contributed by atoms with Gasteiger partial charge in [0.05, 0.1) is 22.6 Å². The first kappa shape index (κ1) is 27.3. The van der Waals surface area contributed by atoms with Gasteiger partial charge in [0, 0.05) is 29.9 Å². The van der Waals surface area contributed by atoms with Crippen LogP contribution >= 0.6 is 11.3 Å². The summed E-state index contributed by atoms with van der Waals surface area (Å²) in [6, 6.07) is 0.362. The summed E-state index contributed by atoms with van der Waals surface area (Å²) in [5, 5.41) is 15.6. The molecule has 202 valence electrons. The zero-order chi connectivity index (χ0) is 27.1. The number of likely N-dealkylation sites (tertiary alicyclic amines) is 1. The molecule has 2 fully saturated rings. The van der Waals surface area contributed by atoms with Crippen LogP contribution in [-0.2, 0) is 6.18 Å². The number of amides is 2. The van der Waals surface area contributed by atoms with Crippen LogP contribution in [0.2, 0.25) is 0 Å². The fourth-order valence-electron chi connectivity index (χ4n) is 4.78. The predicted molar refractivity (Wildman–Crippen MR) is 135 cm³/mol. The van der Waals surface area contributed by atoms with Crippen molar-refractivity contribution in [3.8, 4) is 10.4 Å². The van der Waals surface area contributed by atoms with Crippen molar-refractivity contribution < 1.29 is 27.9 Å². The highest BCUT2D eigenvalue weighted by Gasteiger charge is 2.39. The topological polar surface area (TPSA) is 107 Å². The van der Waals surface area contributed by atoms with Gasteiger partial charge in [0.25, 0.3) is 11.8 Å². The molecule has 1 saturated carbocycles. The number of halogens is 3. The number of hydrogen-bond donors (Lipinski definition) is 3. The van der Waals surface area contributed by atoms with Gasteiger partial charge in [0.2, 0.25) is 0 Å². The minimum Gasteiger partial charge on any atom is -0.391 e. The molecule has 2 aromatic heterocycles. The molecule has 0 aromatic carbocycles. The molecule has 3 N–H and O–H groups in total. The number of alkyl halides is 3. The van der Waals surface area contributed by atoms with Gasteiger partial charge in [-0.05, 0) is 65.9 Å². The Hall–Kier alpha value is -2.73. The summed E-state index contributed by atoms with van der Waals surface area (Å²) in [7, 11) is 0. The van der Waals surface area contributed by atoms with E-state index in [4.69, 9.17) is 0 Å². The van der Waals surface area contributed by atoms with Crippen molar-refractivity contribution in [3.63, 3.8) is 0 Å². The monoisotopic (exact) mass is 539 g/mol. The molecular weight excluding hydrogens is 507 g/mol. The van der Waals surface area contributed by atoms with Crippen molar-refractivity contribution in [3.05, 3.63) is 28.5 Å². The van der Waals surface area contributed by atoms with Crippen LogP contribution in [0.5, 0.6) is 0 Å². The Morgan fingerprint density at radius 2 is 1.89 bits per heavy atom. The summed E-state index contributed by atoms with van der Waals surface area (Å²) in [4.78, 5) is 36.5. The fourth-order valence-corrected chi connectivity index (χ4v) is 5.76. The van der Waals surface area contributed by atoms with Crippen molar-refractivity contribution >= 4 is 29.0 Å². The molecule has 0 bridgehead atoms. The molecule has 0 radical (unpaired) electrons. The number of thiazole rings is 1. The maximum absolute atomic E-state index is 14.2. The quantitative estimate of drug-likeness (QED) is 0.509. The third kappa shape index (κ3) is 6.06. The van der Waals surface area contributed by atoms with E-state index >= 15 is 0 Å². The second-order valence-electron chi connectivity index (χ2n) is 10.8. The van der Waals surface area contributed by atoms with E-state index in [-0.39, 0.29) is 33.0 Å². The third-order valence-electron chi connectivity index (χ3n) is 6.59. The Bertz CT molecular complexity index is 1180. The van der Waals surface area contributed by atoms with Gasteiger partial charge in [-0.2, -0.15) is 13.2 Å². The Morgan fingerprint density at radius 1 is 1.16 bits per heavy atom. The van der Waals surface area contributed by atoms with E-state index < -0.39 is 41.2 Å². The number of aliphatic hydroxyl groups is 1. The molecule has 12 heteroatoms. The first-order chi connectivity index (χ1) is 17.2. The van der Waals surface area contributed by atoms with Crippen LogP contribution in [0.3, 0.4) is 0 Å². The standard InChI is InChI=1S/C25H32F3N5O3S/c1-13-7-6-10-33(13)23(36)19-20(37-22(31-19)21(35)30-16-8-5-9-17(16)34)14-12-29-18(32-24(2,3)4)11-15(14)25(26,27)28/h11-13,16-17,34H,5-10H2,1-4H3,(H,29,32)(H,30,35)/t13-,16+,17-/m0/s1. The van der Waals surface area contributed by atoms with Gasteiger partial charge in [-0.25, -0.2) is 9.97 Å². The first-order valence-electron chi connectivity index (χ1n) is 12.4. The van der Waals surface area contributed by atoms with E-state index in [1.807, 2.05) is 6.92 Å². The SMILES string of the molecule is C[C@H]1CCCN1C(=O)c1nc(C(=O)N[C@@H]2CCC[C@@H]2O)sc1-c1cnc(NC(C)(C)C)cc1C(F)(F)F. The van der Waals surface area contributed by atoms with Gasteiger partial charge >= 0.3 is 6.18 Å². The molecule has 2 aliphatic rings. The zero-order valence-electron chi connectivity index (χ0n) is 21.3. The number of rotatable bonds is 5. The highest BCUT2D eigenvalue weighted by Crippen LogP contribution is 2.42. The number of anilines is 1. The van der Waals surface area contributed by atoms with Gasteiger partial charge in [-0.1, -0.05) is 0 Å². The number of aliphatic hydroxyl groups excluding tert-OH is 1. The van der Waals surface area contributed by atoms with Crippen LogP contribution in [0.15, 0.2) is 12.3 Å². The minimum atomic E-state index is -4.74. The van der Waals surface area contributed by atoms with Crippen LogP contribution in [0.25, 0.3) is 10.4 Å². The second kappa shape index (κ2) is 10.2. The lowest BCUT2D eigenvalue weighted by Gasteiger charge is -2.23. The molecule has 4 rings (SSSR count). The van der Waals surface area contributed by atoms with Gasteiger partial charge in [0.15, 0.2) is 5.01 Å². The average Bonchev–Trinajstić information content (AvgIpc) is 3.52. The number of nitrogens with zero attached hydrogens (tertiary/aromatic N) is 3. The van der Waals surface area contributed by atoms with E-state index in [2.05, 4.69) is 20.6 Å². The lowest BCUT2D eigenvalue weighted by molar-refractivity contribution is -0.137. The maximum Gasteiger partial charge on any atom is 0.417 e. The molecule has 3 heterocycles. The minimum absolute atomic E-state index is 0.0438. The fraction of sp³-hybridized carbons (Fsp3) is 0.600. The number of aromatic nitrogens is 2. The van der Waals surface area contributed by atoms with Gasteiger partial charge in [0.1, 0.15) is 11.5 Å². The maximum atomic E-state index is 14.2. The van der Waals surface area contributed by atoms with E-state index in [0.717, 1.165) is 42.9 Å². The molecule has 2 aromatic rings. The lowest BCUT2D eigenvalue weighted by Crippen LogP contribution is -2.40. The Morgan fingerprint density at radius 3 is 2.46 bits per heavy atom. The predicted octanol–water partition coefficient (Wildman–Crippen LogP) is 4.70. The zero-order valence-corrected chi connectivity index (χ0v) is 22.1. The van der Waals surface area contributed by atoms with E-state index in [9.17, 15) is 27.9 Å². The average molecular weight is 540 g/mol. The van der Waals surface area contributed by atoms with Crippen LogP contribution < -0.4 is 10.6 Å². The first-order valence-corrected chi connectivity index (χ1v) is 13.2. The van der Waals surface area contributed by atoms with Crippen LogP contribution in [0.1, 0.15) is 85.7 Å². The molecule has 1 aliphatic heterocycles. The Balaban J connectivity index is 1.80. The van der Waals surface area contributed by atoms with Crippen molar-refractivity contribution in [2.45, 2.75) is 89.7 Å². The van der Waals surface area contributed by atoms with E-state index in [0.29, 0.717) is 19.4 Å². The molecule has 1 aliphatic carbocycles. The molecule has 2 amide bonds. The highest BCUT2D eigenvalue weighted by atomic mass is 32.1. The summed E-state index contributed by atoms with van der Waals surface area (Å²) in [6.07, 6.45) is -0.902. The molecule has 1 saturated heterocycles. The number of nitrogens with one attached hydrogen (secondary N) is 2. The summed E-state index contributed by atoms with van der Waals surface area (Å²) in [6.45, 7) is 7.75. The van der Waals surface area contributed by atoms with Crippen molar-refractivity contribution in [1.29, 1.82) is 0 Å². The van der Waals surface area contributed by atoms with Crippen molar-refractivity contribution in [2.24, 2.45) is 0 Å². The number of hydrogen-bond acceptors (Lipinski definition) is 7. The summed E-state index contributed by atoms with van der Waals surface area (Å²) in [5.74, 6) is -1.10. The number of carbonyl (C=O) groups is 2. The van der Waals surface area contributed by atoms with Crippen molar-refractivity contribution in [2.75, 3.05) is 11.9 Å². The van der Waals surface area contributed by atoms with E-state index in [1.54, 1.807) is 25.7 Å². The van der Waals surface area contributed by atoms with Crippen LogP contribution in [0, 0.1) is 0 Å². The number of pyridine rings is 1. The molecule has 0 unspecified atom stereocenters. The van der Waals surface area contributed by atoms with Crippen LogP contribution in [0.4, 0.5) is 19.0 Å². The number of carbonyl (C=O) groups excluding carboxylic acids is 2. The molecule has 0 spiro atoms. The summed E-state index contributed by atoms with van der Waals surface area (Å²) in [5.41, 5.74) is -2.00. The third-order valence-corrected chi connectivity index (χ3v) is 7.68. The smallest absolute Gasteiger partial charge is 0.391 e. The Labute approximate surface area is 217 Å². The van der Waals surface area contributed by atoms with Crippen LogP contribution in [-0.4, -0.2) is 62.1 Å². The van der Waals surface area contributed by atoms with Gasteiger partial charge < -0.3 is 20.6 Å². The summed E-state index contributed by atoms with van der Waals surface area (Å²) >= 11 is 0.730. The largest absolute Gasteiger partial charge is 0.417 e. The molecular formula is C25H32F3N5O3S. The normalized spacial score (nSPS) is 22.4. The highest BCUT2D eigenvalue weighted by molar-refractivity contribution is 7.17. The molecule has 37 heavy (non-hydrogen) atoms. The van der Waals surface area contributed by atoms with E-state index in [1.165, 1.54) is 0 Å².